The van der Waals surface area contributed by atoms with Gasteiger partial charge in [-0.25, -0.2) is 0 Å². The molecular weight excluding hydrogens is 334 g/mol. The van der Waals surface area contributed by atoms with Crippen molar-refractivity contribution in [3.05, 3.63) is 34.9 Å². The van der Waals surface area contributed by atoms with E-state index in [-0.39, 0.29) is 5.92 Å². The van der Waals surface area contributed by atoms with Crippen molar-refractivity contribution in [3.8, 4) is 0 Å². The average molecular weight is 363 g/mol. The van der Waals surface area contributed by atoms with Gasteiger partial charge in [-0.15, -0.1) is 0 Å². The molecule has 4 nitrogen and oxygen atoms in total. The molecule has 2 radical (unpaired) electrons. The van der Waals surface area contributed by atoms with Gasteiger partial charge in [0.2, 0.25) is 0 Å². The predicted octanol–water partition coefficient (Wildman–Crippen LogP) is 3.53. The van der Waals surface area contributed by atoms with Crippen LogP contribution in [0.4, 0.5) is 0 Å². The Morgan fingerprint density at radius 1 is 1.24 bits per heavy atom. The van der Waals surface area contributed by atoms with Crippen LogP contribution in [0.5, 0.6) is 0 Å². The summed E-state index contributed by atoms with van der Waals surface area (Å²) in [6.07, 6.45) is 6.30. The van der Waals surface area contributed by atoms with E-state index in [0.717, 1.165) is 50.1 Å². The maximum Gasteiger partial charge on any atom is 0.323 e. The van der Waals surface area contributed by atoms with Gasteiger partial charge in [-0.1, -0.05) is 42.9 Å². The standard InChI is InChI=1S/C19H28BClN2O2/c20-12-2-1-11-19(22,18(24)25)15-5-9-17(10-6-15)23-13-14-3-7-16(21)8-4-14/h3-4,7-8,15,17,23H,1-2,5-6,9-13,22H2,(H,24,25). The van der Waals surface area contributed by atoms with Crippen LogP contribution in [0.15, 0.2) is 24.3 Å². The maximum absolute atomic E-state index is 11.8. The third-order valence-corrected chi connectivity index (χ3v) is 5.66. The fourth-order valence-corrected chi connectivity index (χ4v) is 3.85. The van der Waals surface area contributed by atoms with Crippen molar-refractivity contribution >= 4 is 25.4 Å². The van der Waals surface area contributed by atoms with Crippen LogP contribution in [0, 0.1) is 5.92 Å². The molecule has 0 amide bonds. The Bertz CT molecular complexity index is 547. The molecule has 136 valence electrons. The molecule has 1 aliphatic rings. The Kier molecular flexibility index (Phi) is 7.79. The van der Waals surface area contributed by atoms with Gasteiger partial charge in [0.1, 0.15) is 5.54 Å². The molecule has 25 heavy (non-hydrogen) atoms. The van der Waals surface area contributed by atoms with E-state index >= 15 is 0 Å². The Morgan fingerprint density at radius 3 is 2.44 bits per heavy atom. The second-order valence-corrected chi connectivity index (χ2v) is 7.58. The first-order valence-corrected chi connectivity index (χ1v) is 9.53. The third-order valence-electron chi connectivity index (χ3n) is 5.41. The molecule has 1 atom stereocenters. The fourth-order valence-electron chi connectivity index (χ4n) is 3.72. The van der Waals surface area contributed by atoms with Crippen LogP contribution in [0.2, 0.25) is 11.3 Å². The molecule has 1 unspecified atom stereocenters. The van der Waals surface area contributed by atoms with Gasteiger partial charge in [0.25, 0.3) is 0 Å². The van der Waals surface area contributed by atoms with Gasteiger partial charge in [-0.2, -0.15) is 0 Å². The van der Waals surface area contributed by atoms with Crippen LogP contribution < -0.4 is 11.1 Å². The molecule has 1 aromatic carbocycles. The normalized spacial score (nSPS) is 23.1. The van der Waals surface area contributed by atoms with Gasteiger partial charge in [0.15, 0.2) is 0 Å². The van der Waals surface area contributed by atoms with Crippen LogP contribution in [0.3, 0.4) is 0 Å². The van der Waals surface area contributed by atoms with E-state index in [9.17, 15) is 9.90 Å². The summed E-state index contributed by atoms with van der Waals surface area (Å²) in [6, 6.07) is 8.24. The zero-order chi connectivity index (χ0) is 18.3. The second-order valence-electron chi connectivity index (χ2n) is 7.15. The zero-order valence-electron chi connectivity index (χ0n) is 14.7. The number of hydrogen-bond donors (Lipinski definition) is 3. The largest absolute Gasteiger partial charge is 0.480 e. The van der Waals surface area contributed by atoms with E-state index in [2.05, 4.69) is 5.32 Å². The smallest absolute Gasteiger partial charge is 0.323 e. The topological polar surface area (TPSA) is 75.4 Å². The molecule has 0 aromatic heterocycles. The van der Waals surface area contributed by atoms with Crippen LogP contribution in [0.25, 0.3) is 0 Å². The Labute approximate surface area is 156 Å². The number of carbonyl (C=O) groups is 1. The maximum atomic E-state index is 11.8. The number of carboxylic acid groups (broad SMARTS) is 1. The van der Waals surface area contributed by atoms with Crippen LogP contribution >= 0.6 is 11.6 Å². The highest BCUT2D eigenvalue weighted by Crippen LogP contribution is 2.35. The summed E-state index contributed by atoms with van der Waals surface area (Å²) in [5.74, 6) is -0.835. The molecular formula is C19H28BClN2O2. The molecule has 1 aromatic rings. The number of nitrogens with one attached hydrogen (secondary N) is 1. The lowest BCUT2D eigenvalue weighted by Crippen LogP contribution is -2.55. The van der Waals surface area contributed by atoms with Gasteiger partial charge in [0, 0.05) is 17.6 Å². The van der Waals surface area contributed by atoms with Crippen molar-refractivity contribution in [2.75, 3.05) is 0 Å². The summed E-state index contributed by atoms with van der Waals surface area (Å²) in [4.78, 5) is 11.8. The number of carboxylic acids is 1. The number of aliphatic carboxylic acids is 1. The molecule has 6 heteroatoms. The van der Waals surface area contributed by atoms with Gasteiger partial charge >= 0.3 is 5.97 Å². The van der Waals surface area contributed by atoms with Crippen molar-refractivity contribution in [2.24, 2.45) is 11.7 Å². The van der Waals surface area contributed by atoms with Gasteiger partial charge in [-0.3, -0.25) is 4.79 Å². The van der Waals surface area contributed by atoms with Crippen LogP contribution in [-0.2, 0) is 11.3 Å². The quantitative estimate of drug-likeness (QED) is 0.464. The minimum Gasteiger partial charge on any atom is -0.480 e. The van der Waals surface area contributed by atoms with E-state index < -0.39 is 11.5 Å². The van der Waals surface area contributed by atoms with E-state index in [1.165, 1.54) is 5.56 Å². The van der Waals surface area contributed by atoms with Gasteiger partial charge < -0.3 is 16.2 Å². The molecule has 1 fully saturated rings. The highest BCUT2D eigenvalue weighted by atomic mass is 35.5. The number of unbranched alkanes of at least 4 members (excludes halogenated alkanes) is 1. The number of halogens is 1. The Hall–Kier alpha value is -1.04. The van der Waals surface area contributed by atoms with Crippen molar-refractivity contribution in [1.82, 2.24) is 5.32 Å². The fraction of sp³-hybridized carbons (Fsp3) is 0.632. The summed E-state index contributed by atoms with van der Waals surface area (Å²) in [7, 11) is 5.52. The molecule has 1 aliphatic carbocycles. The monoisotopic (exact) mass is 362 g/mol. The van der Waals surface area contributed by atoms with Gasteiger partial charge in [0.05, 0.1) is 7.85 Å². The lowest BCUT2D eigenvalue weighted by atomic mass is 9.71. The third kappa shape index (κ3) is 5.73. The summed E-state index contributed by atoms with van der Waals surface area (Å²) in [5.41, 5.74) is 6.39. The first-order valence-electron chi connectivity index (χ1n) is 9.16. The highest BCUT2D eigenvalue weighted by Gasteiger charge is 2.42. The lowest BCUT2D eigenvalue weighted by Gasteiger charge is -2.39. The van der Waals surface area contributed by atoms with Crippen molar-refractivity contribution in [3.63, 3.8) is 0 Å². The van der Waals surface area contributed by atoms with Crippen LogP contribution in [-0.4, -0.2) is 30.5 Å². The summed E-state index contributed by atoms with van der Waals surface area (Å²) < 4.78 is 0. The highest BCUT2D eigenvalue weighted by molar-refractivity contribution is 6.30. The van der Waals surface area contributed by atoms with Crippen LogP contribution in [0.1, 0.15) is 50.5 Å². The van der Waals surface area contributed by atoms with E-state index in [1.807, 2.05) is 24.3 Å². The molecule has 2 rings (SSSR count). The number of rotatable bonds is 9. The molecule has 0 aliphatic heterocycles. The first-order chi connectivity index (χ1) is 12.0. The molecule has 0 bridgehead atoms. The average Bonchev–Trinajstić information content (AvgIpc) is 2.61. The van der Waals surface area contributed by atoms with Crippen molar-refractivity contribution in [1.29, 1.82) is 0 Å². The van der Waals surface area contributed by atoms with E-state index in [4.69, 9.17) is 25.2 Å². The summed E-state index contributed by atoms with van der Waals surface area (Å²) >= 11 is 5.90. The Balaban J connectivity index is 1.82. The molecule has 4 N–H and O–H groups in total. The predicted molar refractivity (Wildman–Crippen MR) is 103 cm³/mol. The zero-order valence-corrected chi connectivity index (χ0v) is 15.5. The van der Waals surface area contributed by atoms with E-state index in [1.54, 1.807) is 0 Å². The first kappa shape index (κ1) is 20.3. The lowest BCUT2D eigenvalue weighted by molar-refractivity contribution is -0.146. The van der Waals surface area contributed by atoms with E-state index in [0.29, 0.717) is 18.8 Å². The Morgan fingerprint density at radius 2 is 1.88 bits per heavy atom. The SMILES string of the molecule is [B]CCCCC(N)(C(=O)O)C1CCC(NCc2ccc(Cl)cc2)CC1. The minimum absolute atomic E-state index is 0.0383. The number of nitrogens with two attached hydrogens (primary N) is 1. The number of benzene rings is 1. The minimum atomic E-state index is -1.11. The molecule has 1 saturated carbocycles. The van der Waals surface area contributed by atoms with Crippen molar-refractivity contribution in [2.45, 2.75) is 69.4 Å². The summed E-state index contributed by atoms with van der Waals surface area (Å²) in [6.45, 7) is 0.801. The molecule has 0 saturated heterocycles. The summed E-state index contributed by atoms with van der Waals surface area (Å²) in [5, 5.41) is 13.9. The van der Waals surface area contributed by atoms with Gasteiger partial charge in [-0.05, 0) is 55.7 Å². The second kappa shape index (κ2) is 9.60. The number of hydrogen-bond acceptors (Lipinski definition) is 3. The molecule has 0 heterocycles. The van der Waals surface area contributed by atoms with Crippen molar-refractivity contribution < 1.29 is 9.90 Å². The molecule has 0 spiro atoms.